The van der Waals surface area contributed by atoms with Gasteiger partial charge in [-0.15, -0.1) is 0 Å². The van der Waals surface area contributed by atoms with Crippen LogP contribution >= 0.6 is 31.9 Å². The first-order chi connectivity index (χ1) is 8.60. The van der Waals surface area contributed by atoms with Crippen molar-refractivity contribution < 1.29 is 9.53 Å². The Kier molecular flexibility index (Phi) is 4.19. The van der Waals surface area contributed by atoms with E-state index < -0.39 is 0 Å². The van der Waals surface area contributed by atoms with Crippen molar-refractivity contribution in [2.75, 3.05) is 0 Å². The largest absolute Gasteiger partial charge is 0.457 e. The van der Waals surface area contributed by atoms with E-state index in [4.69, 9.17) is 4.74 Å². The second-order valence-corrected chi connectivity index (χ2v) is 5.58. The monoisotopic (exact) mass is 368 g/mol. The van der Waals surface area contributed by atoms with Gasteiger partial charge < -0.3 is 4.74 Å². The molecule has 0 aliphatic rings. The molecule has 0 aliphatic carbocycles. The van der Waals surface area contributed by atoms with Crippen molar-refractivity contribution in [2.45, 2.75) is 6.92 Å². The number of benzene rings is 2. The normalized spacial score (nSPS) is 10.2. The molecule has 2 aromatic rings. The molecule has 0 unspecified atom stereocenters. The lowest BCUT2D eigenvalue weighted by Gasteiger charge is -2.09. The summed E-state index contributed by atoms with van der Waals surface area (Å²) in [6.45, 7) is 1.98. The number of aryl methyl sites for hydroxylation is 1. The SMILES string of the molecule is Cc1cc(Oc2cc(Br)ccc2C=O)ccc1Br. The average molecular weight is 370 g/mol. The molecule has 2 aromatic carbocycles. The van der Waals surface area contributed by atoms with Crippen molar-refractivity contribution in [2.24, 2.45) is 0 Å². The van der Waals surface area contributed by atoms with Crippen LogP contribution in [0.4, 0.5) is 0 Å². The Labute approximate surface area is 122 Å². The molecule has 0 amide bonds. The van der Waals surface area contributed by atoms with Crippen LogP contribution < -0.4 is 4.74 Å². The highest BCUT2D eigenvalue weighted by Gasteiger charge is 2.06. The van der Waals surface area contributed by atoms with Crippen molar-refractivity contribution in [1.82, 2.24) is 0 Å². The van der Waals surface area contributed by atoms with E-state index in [1.165, 1.54) is 0 Å². The highest BCUT2D eigenvalue weighted by atomic mass is 79.9. The van der Waals surface area contributed by atoms with Crippen LogP contribution in [0, 0.1) is 6.92 Å². The van der Waals surface area contributed by atoms with Gasteiger partial charge in [-0.1, -0.05) is 31.9 Å². The Bertz CT molecular complexity index is 594. The first-order valence-electron chi connectivity index (χ1n) is 5.29. The molecule has 0 bridgehead atoms. The van der Waals surface area contributed by atoms with Gasteiger partial charge in [0.15, 0.2) is 6.29 Å². The highest BCUT2D eigenvalue weighted by Crippen LogP contribution is 2.29. The van der Waals surface area contributed by atoms with Gasteiger partial charge in [-0.2, -0.15) is 0 Å². The summed E-state index contributed by atoms with van der Waals surface area (Å²) in [5.41, 5.74) is 1.61. The second-order valence-electron chi connectivity index (χ2n) is 3.81. The number of halogens is 2. The summed E-state index contributed by atoms with van der Waals surface area (Å²) in [5, 5.41) is 0. The van der Waals surface area contributed by atoms with E-state index in [-0.39, 0.29) is 0 Å². The van der Waals surface area contributed by atoms with Crippen LogP contribution in [0.25, 0.3) is 0 Å². The van der Waals surface area contributed by atoms with Crippen LogP contribution in [0.5, 0.6) is 11.5 Å². The summed E-state index contributed by atoms with van der Waals surface area (Å²) in [6.07, 6.45) is 0.785. The first-order valence-corrected chi connectivity index (χ1v) is 6.87. The predicted molar refractivity (Wildman–Crippen MR) is 78.5 cm³/mol. The van der Waals surface area contributed by atoms with Gasteiger partial charge in [0, 0.05) is 8.95 Å². The number of rotatable bonds is 3. The smallest absolute Gasteiger partial charge is 0.153 e. The van der Waals surface area contributed by atoms with Gasteiger partial charge in [0.2, 0.25) is 0 Å². The van der Waals surface area contributed by atoms with Crippen molar-refractivity contribution in [3.05, 3.63) is 56.5 Å². The van der Waals surface area contributed by atoms with Crippen molar-refractivity contribution in [3.63, 3.8) is 0 Å². The third-order valence-electron chi connectivity index (χ3n) is 2.46. The van der Waals surface area contributed by atoms with Crippen molar-refractivity contribution >= 4 is 38.1 Å². The molecule has 0 saturated heterocycles. The maximum Gasteiger partial charge on any atom is 0.153 e. The fourth-order valence-electron chi connectivity index (χ4n) is 1.50. The predicted octanol–water partition coefficient (Wildman–Crippen LogP) is 5.12. The molecule has 0 heterocycles. The summed E-state index contributed by atoms with van der Waals surface area (Å²) in [4.78, 5) is 10.9. The minimum Gasteiger partial charge on any atom is -0.457 e. The zero-order valence-corrected chi connectivity index (χ0v) is 12.8. The molecule has 2 nitrogen and oxygen atoms in total. The van der Waals surface area contributed by atoms with Crippen molar-refractivity contribution in [1.29, 1.82) is 0 Å². The quantitative estimate of drug-likeness (QED) is 0.701. The first kappa shape index (κ1) is 13.3. The minimum absolute atomic E-state index is 0.527. The maximum atomic E-state index is 10.9. The lowest BCUT2D eigenvalue weighted by molar-refractivity contribution is 0.112. The van der Waals surface area contributed by atoms with Crippen LogP contribution in [-0.4, -0.2) is 6.29 Å². The molecule has 0 atom stereocenters. The van der Waals surface area contributed by atoms with E-state index in [2.05, 4.69) is 31.9 Å². The van der Waals surface area contributed by atoms with E-state index in [1.54, 1.807) is 12.1 Å². The molecular weight excluding hydrogens is 360 g/mol. The molecule has 18 heavy (non-hydrogen) atoms. The molecule has 0 aromatic heterocycles. The van der Waals surface area contributed by atoms with E-state index in [0.29, 0.717) is 17.1 Å². The lowest BCUT2D eigenvalue weighted by Crippen LogP contribution is -1.91. The summed E-state index contributed by atoms with van der Waals surface area (Å²) < 4.78 is 7.63. The third kappa shape index (κ3) is 3.00. The molecule has 0 saturated carbocycles. The Morgan fingerprint density at radius 1 is 1.11 bits per heavy atom. The Balaban J connectivity index is 2.35. The molecular formula is C14H10Br2O2. The van der Waals surface area contributed by atoms with E-state index in [0.717, 1.165) is 20.8 Å². The van der Waals surface area contributed by atoms with Gasteiger partial charge in [-0.05, 0) is 48.9 Å². The number of carbonyl (C=O) groups excluding carboxylic acids is 1. The highest BCUT2D eigenvalue weighted by molar-refractivity contribution is 9.10. The van der Waals surface area contributed by atoms with Crippen molar-refractivity contribution in [3.8, 4) is 11.5 Å². The number of aldehydes is 1. The molecule has 92 valence electrons. The molecule has 2 rings (SSSR count). The molecule has 0 spiro atoms. The van der Waals surface area contributed by atoms with Gasteiger partial charge in [-0.25, -0.2) is 0 Å². The Morgan fingerprint density at radius 3 is 2.56 bits per heavy atom. The van der Waals surface area contributed by atoms with E-state index in [1.807, 2.05) is 31.2 Å². The zero-order valence-electron chi connectivity index (χ0n) is 9.61. The van der Waals surface area contributed by atoms with Crippen LogP contribution in [0.2, 0.25) is 0 Å². The van der Waals surface area contributed by atoms with Gasteiger partial charge in [0.05, 0.1) is 5.56 Å². The summed E-state index contributed by atoms with van der Waals surface area (Å²) in [7, 11) is 0. The standard InChI is InChI=1S/C14H10Br2O2/c1-9-6-12(4-5-13(9)16)18-14-7-11(15)3-2-10(14)8-17/h2-8H,1H3. The van der Waals surface area contributed by atoms with Crippen LogP contribution in [0.3, 0.4) is 0 Å². The van der Waals surface area contributed by atoms with Gasteiger partial charge >= 0.3 is 0 Å². The molecule has 0 N–H and O–H groups in total. The van der Waals surface area contributed by atoms with E-state index in [9.17, 15) is 4.79 Å². The summed E-state index contributed by atoms with van der Waals surface area (Å²) in [5.74, 6) is 1.25. The fraction of sp³-hybridized carbons (Fsp3) is 0.0714. The number of ether oxygens (including phenoxy) is 1. The average Bonchev–Trinajstić information content (AvgIpc) is 2.34. The van der Waals surface area contributed by atoms with Gasteiger partial charge in [0.25, 0.3) is 0 Å². The van der Waals surface area contributed by atoms with Crippen LogP contribution in [-0.2, 0) is 0 Å². The lowest BCUT2D eigenvalue weighted by atomic mass is 10.2. The number of hydrogen-bond donors (Lipinski definition) is 0. The number of hydrogen-bond acceptors (Lipinski definition) is 2. The number of carbonyl (C=O) groups is 1. The Morgan fingerprint density at radius 2 is 1.89 bits per heavy atom. The molecule has 0 aliphatic heterocycles. The van der Waals surface area contributed by atoms with Gasteiger partial charge in [-0.3, -0.25) is 4.79 Å². The molecule has 4 heteroatoms. The van der Waals surface area contributed by atoms with Gasteiger partial charge in [0.1, 0.15) is 11.5 Å². The summed E-state index contributed by atoms with van der Waals surface area (Å²) in [6, 6.07) is 11.0. The topological polar surface area (TPSA) is 26.3 Å². The van der Waals surface area contributed by atoms with Crippen LogP contribution in [0.15, 0.2) is 45.3 Å². The maximum absolute atomic E-state index is 10.9. The third-order valence-corrected chi connectivity index (χ3v) is 3.84. The fourth-order valence-corrected chi connectivity index (χ4v) is 2.09. The Hall–Kier alpha value is -1.13. The van der Waals surface area contributed by atoms with Crippen LogP contribution in [0.1, 0.15) is 15.9 Å². The zero-order chi connectivity index (χ0) is 13.1. The summed E-state index contributed by atoms with van der Waals surface area (Å²) >= 11 is 6.80. The molecule has 0 fully saturated rings. The minimum atomic E-state index is 0.527. The second kappa shape index (κ2) is 5.67. The molecule has 0 radical (unpaired) electrons. The van der Waals surface area contributed by atoms with E-state index >= 15 is 0 Å².